The van der Waals surface area contributed by atoms with Crippen molar-refractivity contribution < 1.29 is 27.1 Å². The summed E-state index contributed by atoms with van der Waals surface area (Å²) in [7, 11) is -3.96. The van der Waals surface area contributed by atoms with E-state index in [1.165, 1.54) is 22.9 Å². The average Bonchev–Trinajstić information content (AvgIpc) is 3.53. The zero-order chi connectivity index (χ0) is 28.7. The largest absolute Gasteiger partial charge is 0.395 e. The highest BCUT2D eigenvalue weighted by atomic mass is 32.2. The Morgan fingerprint density at radius 3 is 2.42 bits per heavy atom. The van der Waals surface area contributed by atoms with Gasteiger partial charge in [-0.15, -0.1) is 0 Å². The molecule has 1 aliphatic heterocycles. The number of nitrogens with zero attached hydrogens (tertiary/aromatic N) is 4. The predicted molar refractivity (Wildman–Crippen MR) is 145 cm³/mol. The van der Waals surface area contributed by atoms with Gasteiger partial charge in [0, 0.05) is 19.2 Å². The van der Waals surface area contributed by atoms with Gasteiger partial charge in [0.1, 0.15) is 11.8 Å². The number of aromatic nitrogens is 2. The summed E-state index contributed by atoms with van der Waals surface area (Å²) in [5, 5.41) is 23.9. The van der Waals surface area contributed by atoms with E-state index in [1.54, 1.807) is 0 Å². The highest BCUT2D eigenvalue weighted by molar-refractivity contribution is 7.92. The molecule has 2 aromatic rings. The number of piperidine rings is 1. The summed E-state index contributed by atoms with van der Waals surface area (Å²) in [6.07, 6.45) is 3.65. The number of amides is 1. The monoisotopic (exact) mass is 574 g/mol. The van der Waals surface area contributed by atoms with Gasteiger partial charge in [0.15, 0.2) is 0 Å². The number of allylic oxidation sites excluding steroid dienone is 1. The Balaban J connectivity index is 1.64. The van der Waals surface area contributed by atoms with Crippen molar-refractivity contribution in [1.29, 1.82) is 5.26 Å². The second-order valence-corrected chi connectivity index (χ2v) is 12.8. The number of hydrogen-bond donors (Lipinski definition) is 3. The first-order chi connectivity index (χ1) is 19.1. The van der Waals surface area contributed by atoms with E-state index in [2.05, 4.69) is 10.8 Å². The van der Waals surface area contributed by atoms with Gasteiger partial charge in [-0.3, -0.25) is 14.2 Å². The number of carbonyl (C=O) groups excluding carboxylic acids is 1. The van der Waals surface area contributed by atoms with E-state index >= 15 is 0 Å². The Kier molecular flexibility index (Phi) is 7.58. The molecule has 1 spiro atoms. The minimum Gasteiger partial charge on any atom is -0.395 e. The molecule has 4 N–H and O–H groups in total. The number of rotatable bonds is 8. The normalized spacial score (nSPS) is 20.3. The Bertz CT molecular complexity index is 1490. The molecule has 0 radical (unpaired) electrons. The minimum absolute atomic E-state index is 0.109. The Morgan fingerprint density at radius 1 is 1.20 bits per heavy atom. The molecule has 2 aliphatic carbocycles. The van der Waals surface area contributed by atoms with Crippen LogP contribution in [0.1, 0.15) is 73.5 Å². The fourth-order valence-corrected chi connectivity index (χ4v) is 6.79. The van der Waals surface area contributed by atoms with Gasteiger partial charge in [0.05, 0.1) is 46.6 Å². The molecule has 0 atom stereocenters. The number of nitrogens with one attached hydrogen (secondary N) is 1. The van der Waals surface area contributed by atoms with E-state index in [-0.39, 0.29) is 47.1 Å². The van der Waals surface area contributed by atoms with Gasteiger partial charge in [-0.05, 0) is 74.5 Å². The van der Waals surface area contributed by atoms with Crippen LogP contribution < -0.4 is 15.4 Å². The standard InChI is InChI=1S/C27H32F2N6O4S/c28-25(29)17-1-3-18(4-2-17)35-19(16-30)15-22(32-35)23-21(33-40(38,39)14-13-36)6-5-20(26(31)37)24(23)34-11-9-27(7-8-27)10-12-34/h5-6,15,18,33,36H,1-4,7-14H2,(H2,31,37). The van der Waals surface area contributed by atoms with Crippen molar-refractivity contribution in [3.05, 3.63) is 41.1 Å². The lowest BCUT2D eigenvalue weighted by molar-refractivity contribution is 0.100. The molecule has 1 amide bonds. The molecule has 10 nitrogen and oxygen atoms in total. The molecule has 1 aromatic heterocycles. The molecule has 0 bridgehead atoms. The fourth-order valence-electron chi connectivity index (χ4n) is 5.95. The minimum atomic E-state index is -3.96. The number of benzene rings is 1. The second kappa shape index (κ2) is 10.8. The molecule has 2 heterocycles. The summed E-state index contributed by atoms with van der Waals surface area (Å²) in [6, 6.07) is 6.27. The highest BCUT2D eigenvalue weighted by Crippen LogP contribution is 2.55. The van der Waals surface area contributed by atoms with Crippen molar-refractivity contribution in [3.63, 3.8) is 0 Å². The van der Waals surface area contributed by atoms with Crippen LogP contribution in [0.25, 0.3) is 11.3 Å². The molecule has 3 fully saturated rings. The van der Waals surface area contributed by atoms with Gasteiger partial charge in [-0.2, -0.15) is 19.1 Å². The molecule has 5 rings (SSSR count). The number of anilines is 2. The van der Waals surface area contributed by atoms with Crippen molar-refractivity contribution in [2.24, 2.45) is 11.1 Å². The molecule has 1 saturated heterocycles. The van der Waals surface area contributed by atoms with Crippen LogP contribution in [0.3, 0.4) is 0 Å². The summed E-state index contributed by atoms with van der Waals surface area (Å²) >= 11 is 0. The van der Waals surface area contributed by atoms with Crippen LogP contribution in [0.15, 0.2) is 29.9 Å². The topological polar surface area (TPSA) is 154 Å². The summed E-state index contributed by atoms with van der Waals surface area (Å²) in [6.45, 7) is 0.687. The summed E-state index contributed by atoms with van der Waals surface area (Å²) < 4.78 is 55.7. The first-order valence-corrected chi connectivity index (χ1v) is 15.1. The number of primary amides is 1. The van der Waals surface area contributed by atoms with Crippen molar-refractivity contribution in [2.75, 3.05) is 35.1 Å². The highest BCUT2D eigenvalue weighted by Gasteiger charge is 2.45. The number of hydrogen-bond acceptors (Lipinski definition) is 7. The van der Waals surface area contributed by atoms with Gasteiger partial charge in [0.25, 0.3) is 12.0 Å². The first kappa shape index (κ1) is 28.0. The van der Waals surface area contributed by atoms with Crippen molar-refractivity contribution in [2.45, 2.75) is 57.4 Å². The molecule has 2 saturated carbocycles. The van der Waals surface area contributed by atoms with E-state index < -0.39 is 34.4 Å². The average molecular weight is 575 g/mol. The lowest BCUT2D eigenvalue weighted by Gasteiger charge is -2.36. The number of sulfonamides is 1. The molecule has 0 unspecified atom stereocenters. The lowest BCUT2D eigenvalue weighted by atomic mass is 9.91. The number of halogens is 2. The molecule has 3 aliphatic rings. The smallest absolute Gasteiger partial charge is 0.269 e. The second-order valence-electron chi connectivity index (χ2n) is 10.9. The van der Waals surface area contributed by atoms with Crippen LogP contribution >= 0.6 is 0 Å². The van der Waals surface area contributed by atoms with Crippen LogP contribution in [0.4, 0.5) is 20.2 Å². The number of carbonyl (C=O) groups is 1. The predicted octanol–water partition coefficient (Wildman–Crippen LogP) is 3.90. The summed E-state index contributed by atoms with van der Waals surface area (Å²) in [5.41, 5.74) is 7.78. The third kappa shape index (κ3) is 5.55. The van der Waals surface area contributed by atoms with Crippen LogP contribution in [0, 0.1) is 16.7 Å². The van der Waals surface area contributed by atoms with Gasteiger partial charge in [0.2, 0.25) is 10.0 Å². The van der Waals surface area contributed by atoms with Gasteiger partial charge in [-0.1, -0.05) is 0 Å². The Labute approximate surface area is 231 Å². The van der Waals surface area contributed by atoms with Crippen molar-refractivity contribution in [3.8, 4) is 17.3 Å². The van der Waals surface area contributed by atoms with Crippen LogP contribution in [-0.2, 0) is 10.0 Å². The summed E-state index contributed by atoms with van der Waals surface area (Å²) in [4.78, 5) is 14.7. The van der Waals surface area contributed by atoms with Crippen molar-refractivity contribution >= 4 is 27.3 Å². The Morgan fingerprint density at radius 2 is 1.88 bits per heavy atom. The maximum absolute atomic E-state index is 13.1. The number of aliphatic hydroxyl groups excluding tert-OH is 1. The molecule has 1 aromatic carbocycles. The van der Waals surface area contributed by atoms with Gasteiger partial charge < -0.3 is 15.7 Å². The van der Waals surface area contributed by atoms with E-state index in [0.717, 1.165) is 25.7 Å². The zero-order valence-corrected chi connectivity index (χ0v) is 22.8. The van der Waals surface area contributed by atoms with E-state index in [9.17, 15) is 32.4 Å². The fraction of sp³-hybridized carbons (Fsp3) is 0.519. The van der Waals surface area contributed by atoms with E-state index in [1.807, 2.05) is 4.90 Å². The van der Waals surface area contributed by atoms with Crippen LogP contribution in [-0.4, -0.2) is 54.7 Å². The molecular formula is C27H32F2N6O4S. The van der Waals surface area contributed by atoms with Gasteiger partial charge >= 0.3 is 0 Å². The first-order valence-electron chi connectivity index (χ1n) is 13.4. The molecule has 40 heavy (non-hydrogen) atoms. The maximum Gasteiger partial charge on any atom is 0.269 e. The van der Waals surface area contributed by atoms with E-state index in [4.69, 9.17) is 10.8 Å². The van der Waals surface area contributed by atoms with Gasteiger partial charge in [-0.25, -0.2) is 8.42 Å². The molecule has 13 heteroatoms. The number of nitriles is 1. The third-order valence-corrected chi connectivity index (χ3v) is 9.70. The van der Waals surface area contributed by atoms with Crippen molar-refractivity contribution in [1.82, 2.24) is 9.78 Å². The number of aliphatic hydroxyl groups is 1. The lowest BCUT2D eigenvalue weighted by Crippen LogP contribution is -2.36. The summed E-state index contributed by atoms with van der Waals surface area (Å²) in [5.74, 6) is -1.22. The van der Waals surface area contributed by atoms with Crippen LogP contribution in [0.5, 0.6) is 0 Å². The molecule has 214 valence electrons. The van der Waals surface area contributed by atoms with E-state index in [0.29, 0.717) is 42.6 Å². The SMILES string of the molecule is N#Cc1cc(-c2c(NS(=O)(=O)CCO)ccc(C(N)=O)c2N2CCC3(CC2)CC3)nn1C1CCC(=C(F)F)CC1. The molecular weight excluding hydrogens is 542 g/mol. The zero-order valence-electron chi connectivity index (χ0n) is 22.0. The van der Waals surface area contributed by atoms with Crippen LogP contribution in [0.2, 0.25) is 0 Å². The third-order valence-electron chi connectivity index (χ3n) is 8.44. The maximum atomic E-state index is 13.1. The Hall–Kier alpha value is -3.50. The number of nitrogens with two attached hydrogens (primary N) is 1. The quantitative estimate of drug-likeness (QED) is 0.432.